The van der Waals surface area contributed by atoms with Crippen LogP contribution in [0.15, 0.2) is 0 Å². The molecule has 0 saturated heterocycles. The fourth-order valence-electron chi connectivity index (χ4n) is 2.77. The highest BCUT2D eigenvalue weighted by Gasteiger charge is 2.26. The molecule has 0 unspecified atom stereocenters. The van der Waals surface area contributed by atoms with E-state index in [1.54, 1.807) is 0 Å². The number of carbonyl (C=O) groups is 2. The molecule has 0 aromatic rings. The summed E-state index contributed by atoms with van der Waals surface area (Å²) < 4.78 is 0. The molecule has 2 aliphatic carbocycles. The van der Waals surface area contributed by atoms with Crippen LogP contribution in [0, 0.1) is 0 Å². The van der Waals surface area contributed by atoms with E-state index in [1.165, 1.54) is 19.3 Å². The van der Waals surface area contributed by atoms with Crippen molar-refractivity contribution in [2.75, 3.05) is 19.7 Å². The second-order valence-electron chi connectivity index (χ2n) is 5.78. The predicted molar refractivity (Wildman–Crippen MR) is 75.2 cm³/mol. The van der Waals surface area contributed by atoms with Gasteiger partial charge in [0, 0.05) is 18.6 Å². The number of rotatable bonds is 6. The average Bonchev–Trinajstić information content (AvgIpc) is 3.23. The molecule has 6 heteroatoms. The van der Waals surface area contributed by atoms with Crippen LogP contribution in [0.4, 0.5) is 4.79 Å². The Kier molecular flexibility index (Phi) is 5.79. The fourth-order valence-corrected chi connectivity index (χ4v) is 2.77. The maximum absolute atomic E-state index is 11.9. The van der Waals surface area contributed by atoms with Crippen LogP contribution in [0.2, 0.25) is 0 Å². The first-order valence-corrected chi connectivity index (χ1v) is 7.64. The second kappa shape index (κ2) is 7.59. The van der Waals surface area contributed by atoms with Gasteiger partial charge in [0.2, 0.25) is 5.91 Å². The van der Waals surface area contributed by atoms with Gasteiger partial charge in [-0.25, -0.2) is 4.79 Å². The summed E-state index contributed by atoms with van der Waals surface area (Å²) in [6.07, 6.45) is 7.75. The van der Waals surface area contributed by atoms with Gasteiger partial charge in [0.25, 0.3) is 0 Å². The van der Waals surface area contributed by atoms with Crippen LogP contribution in [0.5, 0.6) is 0 Å². The van der Waals surface area contributed by atoms with Crippen molar-refractivity contribution in [1.82, 2.24) is 15.5 Å². The van der Waals surface area contributed by atoms with E-state index in [4.69, 9.17) is 5.11 Å². The zero-order chi connectivity index (χ0) is 14.4. The molecule has 0 spiro atoms. The third kappa shape index (κ3) is 5.09. The first-order valence-electron chi connectivity index (χ1n) is 7.64. The zero-order valence-corrected chi connectivity index (χ0v) is 11.9. The van der Waals surface area contributed by atoms with Crippen LogP contribution in [0.25, 0.3) is 0 Å². The second-order valence-corrected chi connectivity index (χ2v) is 5.78. The van der Waals surface area contributed by atoms with Gasteiger partial charge in [-0.15, -0.1) is 0 Å². The van der Waals surface area contributed by atoms with Crippen molar-refractivity contribution in [1.29, 1.82) is 0 Å². The maximum atomic E-state index is 11.9. The van der Waals surface area contributed by atoms with Crippen molar-refractivity contribution in [2.45, 2.75) is 57.0 Å². The summed E-state index contributed by atoms with van der Waals surface area (Å²) in [4.78, 5) is 25.4. The molecule has 2 fully saturated rings. The Morgan fingerprint density at radius 1 is 1.10 bits per heavy atom. The van der Waals surface area contributed by atoms with Gasteiger partial charge in [-0.05, 0) is 25.7 Å². The van der Waals surface area contributed by atoms with Gasteiger partial charge < -0.3 is 10.4 Å². The summed E-state index contributed by atoms with van der Waals surface area (Å²) in [5.41, 5.74) is 0. The van der Waals surface area contributed by atoms with Crippen molar-refractivity contribution in [3.8, 4) is 0 Å². The van der Waals surface area contributed by atoms with E-state index in [0.717, 1.165) is 25.7 Å². The van der Waals surface area contributed by atoms with Gasteiger partial charge >= 0.3 is 6.03 Å². The van der Waals surface area contributed by atoms with Gasteiger partial charge in [-0.3, -0.25) is 15.0 Å². The van der Waals surface area contributed by atoms with E-state index < -0.39 is 6.03 Å². The number of hydrogen-bond donors (Lipinski definition) is 3. The van der Waals surface area contributed by atoms with Crippen LogP contribution in [0.1, 0.15) is 44.9 Å². The normalized spacial score (nSPS) is 19.9. The standard InChI is InChI=1S/C14H25N3O3/c18-9-8-17(12-4-2-1-3-5-12)10-13(19)16-14(20)15-11-6-7-11/h11-12,18H,1-10H2,(H2,15,16,19,20). The molecule has 0 atom stereocenters. The lowest BCUT2D eigenvalue weighted by Crippen LogP contribution is -2.48. The first-order chi connectivity index (χ1) is 9.69. The Balaban J connectivity index is 1.76. The minimum Gasteiger partial charge on any atom is -0.395 e. The van der Waals surface area contributed by atoms with E-state index in [0.29, 0.717) is 12.6 Å². The number of imide groups is 1. The molecule has 0 radical (unpaired) electrons. The van der Waals surface area contributed by atoms with Gasteiger partial charge in [0.15, 0.2) is 0 Å². The number of nitrogens with one attached hydrogen (secondary N) is 2. The number of urea groups is 1. The molecule has 6 nitrogen and oxygen atoms in total. The summed E-state index contributed by atoms with van der Waals surface area (Å²) in [6, 6.07) is 0.202. The largest absolute Gasteiger partial charge is 0.395 e. The van der Waals surface area contributed by atoms with Crippen LogP contribution >= 0.6 is 0 Å². The fraction of sp³-hybridized carbons (Fsp3) is 0.857. The maximum Gasteiger partial charge on any atom is 0.321 e. The molecule has 0 aromatic heterocycles. The van der Waals surface area contributed by atoms with Crippen molar-refractivity contribution >= 4 is 11.9 Å². The first kappa shape index (κ1) is 15.3. The van der Waals surface area contributed by atoms with E-state index in [1.807, 2.05) is 4.90 Å². The molecule has 2 saturated carbocycles. The van der Waals surface area contributed by atoms with Crippen LogP contribution in [-0.4, -0.2) is 53.7 Å². The molecule has 3 amide bonds. The topological polar surface area (TPSA) is 81.7 Å². The number of aliphatic hydroxyl groups is 1. The summed E-state index contributed by atoms with van der Waals surface area (Å²) in [5, 5.41) is 14.2. The van der Waals surface area contributed by atoms with Gasteiger partial charge in [-0.1, -0.05) is 19.3 Å². The Hall–Kier alpha value is -1.14. The summed E-state index contributed by atoms with van der Waals surface area (Å²) in [7, 11) is 0. The van der Waals surface area contributed by atoms with E-state index in [9.17, 15) is 9.59 Å². The number of amides is 3. The zero-order valence-electron chi connectivity index (χ0n) is 11.9. The highest BCUT2D eigenvalue weighted by atomic mass is 16.3. The lowest BCUT2D eigenvalue weighted by molar-refractivity contribution is -0.122. The van der Waals surface area contributed by atoms with Gasteiger partial charge in [0.05, 0.1) is 13.2 Å². The molecule has 114 valence electrons. The highest BCUT2D eigenvalue weighted by molar-refractivity contribution is 5.95. The highest BCUT2D eigenvalue weighted by Crippen LogP contribution is 2.22. The molecule has 20 heavy (non-hydrogen) atoms. The van der Waals surface area contributed by atoms with E-state index in [2.05, 4.69) is 10.6 Å². The van der Waals surface area contributed by atoms with Crippen LogP contribution < -0.4 is 10.6 Å². The third-order valence-electron chi connectivity index (χ3n) is 3.99. The molecular weight excluding hydrogens is 258 g/mol. The summed E-state index contributed by atoms with van der Waals surface area (Å²) in [5.74, 6) is -0.290. The predicted octanol–water partition coefficient (Wildman–Crippen LogP) is 0.602. The SMILES string of the molecule is O=C(CN(CCO)C1CCCCC1)NC(=O)NC1CC1. The monoisotopic (exact) mass is 283 g/mol. The van der Waals surface area contributed by atoms with Gasteiger partial charge in [-0.2, -0.15) is 0 Å². The molecular formula is C14H25N3O3. The molecule has 0 aliphatic heterocycles. The Morgan fingerprint density at radius 3 is 2.40 bits per heavy atom. The van der Waals surface area contributed by atoms with E-state index >= 15 is 0 Å². The number of hydrogen-bond acceptors (Lipinski definition) is 4. The lowest BCUT2D eigenvalue weighted by Gasteiger charge is -2.33. The minimum atomic E-state index is -0.398. The lowest BCUT2D eigenvalue weighted by atomic mass is 9.94. The van der Waals surface area contributed by atoms with Crippen LogP contribution in [0.3, 0.4) is 0 Å². The number of aliphatic hydroxyl groups excluding tert-OH is 1. The molecule has 2 rings (SSSR count). The van der Waals surface area contributed by atoms with Gasteiger partial charge in [0.1, 0.15) is 0 Å². The summed E-state index contributed by atoms with van der Waals surface area (Å²) >= 11 is 0. The van der Waals surface area contributed by atoms with Crippen LogP contribution in [-0.2, 0) is 4.79 Å². The molecule has 0 heterocycles. The van der Waals surface area contributed by atoms with E-state index in [-0.39, 0.29) is 25.1 Å². The Bertz CT molecular complexity index is 339. The molecule has 0 aromatic carbocycles. The average molecular weight is 283 g/mol. The molecule has 2 aliphatic rings. The quantitative estimate of drug-likeness (QED) is 0.667. The smallest absolute Gasteiger partial charge is 0.321 e. The summed E-state index contributed by atoms with van der Waals surface area (Å²) in [6.45, 7) is 0.712. The van der Waals surface area contributed by atoms with Crippen molar-refractivity contribution in [2.24, 2.45) is 0 Å². The number of nitrogens with zero attached hydrogens (tertiary/aromatic N) is 1. The van der Waals surface area contributed by atoms with Crippen molar-refractivity contribution < 1.29 is 14.7 Å². The molecule has 0 bridgehead atoms. The Labute approximate surface area is 119 Å². The minimum absolute atomic E-state index is 0.0397. The Morgan fingerprint density at radius 2 is 1.80 bits per heavy atom. The number of carbonyl (C=O) groups excluding carboxylic acids is 2. The molecule has 3 N–H and O–H groups in total. The van der Waals surface area contributed by atoms with Crippen molar-refractivity contribution in [3.63, 3.8) is 0 Å². The van der Waals surface area contributed by atoms with Crippen molar-refractivity contribution in [3.05, 3.63) is 0 Å². The third-order valence-corrected chi connectivity index (χ3v) is 3.99.